The van der Waals surface area contributed by atoms with Crippen molar-refractivity contribution in [3.05, 3.63) is 182 Å². The van der Waals surface area contributed by atoms with Gasteiger partial charge in [0.15, 0.2) is 0 Å². The van der Waals surface area contributed by atoms with Crippen LogP contribution in [0.4, 0.5) is 0 Å². The van der Waals surface area contributed by atoms with Crippen LogP contribution in [0.2, 0.25) is 0 Å². The number of hydrogen-bond acceptors (Lipinski definition) is 17. The number of carbonyl (C=O) groups is 7. The number of Topliss-reactive ketones (excluding diaryl/α,β-unsaturated/α-hetero) is 2. The molecule has 15 fully saturated rings. The van der Waals surface area contributed by atoms with Gasteiger partial charge in [0.25, 0.3) is 0 Å². The van der Waals surface area contributed by atoms with E-state index in [2.05, 4.69) is 90.9 Å². The molecular formula is C114H145N9O12. The van der Waals surface area contributed by atoms with E-state index in [0.717, 1.165) is 138 Å². The number of likely N-dealkylation sites (tertiary alicyclic amines) is 9. The van der Waals surface area contributed by atoms with Gasteiger partial charge in [-0.05, 0) is 352 Å². The maximum Gasteiger partial charge on any atom is 0.231 e. The number of benzene rings is 6. The highest BCUT2D eigenvalue weighted by atomic mass is 16.3. The number of fused-ring (bicyclic) bond motifs is 5. The van der Waals surface area contributed by atoms with Gasteiger partial charge in [0, 0.05) is 178 Å². The molecule has 5 amide bonds. The molecule has 0 aromatic heterocycles. The molecule has 6 saturated carbocycles. The molecule has 6 aromatic rings. The minimum Gasteiger partial charge on any atom is -0.508 e. The number of imide groups is 1. The van der Waals surface area contributed by atoms with Crippen molar-refractivity contribution in [3.63, 3.8) is 0 Å². The molecule has 9 saturated heterocycles. The second-order valence-electron chi connectivity index (χ2n) is 47.0. The Kier molecular flexibility index (Phi) is 24.1. The van der Waals surface area contributed by atoms with E-state index in [1.807, 2.05) is 56.3 Å². The van der Waals surface area contributed by atoms with Gasteiger partial charge in [-0.2, -0.15) is 0 Å². The van der Waals surface area contributed by atoms with Crippen molar-refractivity contribution in [1.29, 1.82) is 0 Å². The second kappa shape index (κ2) is 35.7. The standard InChI is InChI=1S/C27H32N2O2.C23H30N2O3.2C22H28N2O3.C20H27NO/c1-18-2-4-19(5-3-18)16-29-17-24-25-12-21-8-9-22(30)13-23(21)27(24,14-26(29)31)10-11-28(25)15-20-6-7-20;1-14(2)22(28)25-13-19-20-9-16-5-6-17(26)10-18(16)23(19,11-21(25)27)7-8-24(20)12-15-3-4-15;2*1-14(25)11-24-13-19-20-8-16-4-5-17(26)9-18(16)22(19,10-21(24)27)6-7-23(20)12-15-2-3-15;22-16-7-6-15-11-19-17-3-1-2-8-20(17,18(15)12-16)9-10-21(19)13-14-4-5-14/h2-5,8-9,13,20,24-25,30H,6-7,10-12,14-17H2,1H3;5-6,10,14-15,19-20,26H,3-4,7-9,11-13H2,1-2H3;2*4-5,9,15,19-20,26H,2-3,6-8,10-13H2,1H3;6-7,12,14,17,19,22H,1-5,8-11,13H2/t24-,25+,27+;19-,20+,23+;2*19-,20+,22+;17-,19+,20+/m00000/s1. The van der Waals surface area contributed by atoms with Crippen molar-refractivity contribution in [2.45, 2.75) is 278 Å². The van der Waals surface area contributed by atoms with E-state index < -0.39 is 0 Å². The van der Waals surface area contributed by atoms with E-state index in [0.29, 0.717) is 122 Å². The van der Waals surface area contributed by atoms with E-state index in [1.165, 1.54) is 202 Å². The number of hydrogen-bond donors (Lipinski definition) is 5. The smallest absolute Gasteiger partial charge is 0.231 e. The molecule has 0 unspecified atom stereocenters. The molecule has 135 heavy (non-hydrogen) atoms. The molecule has 5 N–H and O–H groups in total. The topological polar surface area (TPSA) is 250 Å². The predicted molar refractivity (Wildman–Crippen MR) is 518 cm³/mol. The van der Waals surface area contributed by atoms with Crippen LogP contribution in [-0.2, 0) is 99.3 Å². The van der Waals surface area contributed by atoms with Crippen LogP contribution in [0.3, 0.4) is 0 Å². The lowest BCUT2D eigenvalue weighted by Crippen LogP contribution is -2.67. The van der Waals surface area contributed by atoms with Gasteiger partial charge in [0.1, 0.15) is 40.3 Å². The third-order valence-electron chi connectivity index (χ3n) is 38.0. The number of rotatable bonds is 17. The summed E-state index contributed by atoms with van der Waals surface area (Å²) in [5.41, 5.74) is 15.2. The number of phenols is 5. The number of amides is 5. The molecule has 11 aliphatic carbocycles. The van der Waals surface area contributed by atoms with Gasteiger partial charge < -0.3 is 40.2 Å². The minimum absolute atomic E-state index is 0.0412. The van der Waals surface area contributed by atoms with Gasteiger partial charge in [0.2, 0.25) is 29.5 Å². The van der Waals surface area contributed by atoms with E-state index in [4.69, 9.17) is 0 Å². The molecular weight excluding hydrogens is 1690 g/mol. The lowest BCUT2D eigenvalue weighted by Gasteiger charge is -2.60. The lowest BCUT2D eigenvalue weighted by molar-refractivity contribution is -0.157. The maximum absolute atomic E-state index is 13.4. The van der Waals surface area contributed by atoms with Crippen LogP contribution in [0.5, 0.6) is 28.7 Å². The molecule has 6 aromatic carbocycles. The summed E-state index contributed by atoms with van der Waals surface area (Å²) in [6, 6.07) is 40.4. The van der Waals surface area contributed by atoms with Gasteiger partial charge >= 0.3 is 0 Å². The Morgan fingerprint density at radius 2 is 0.630 bits per heavy atom. The fraction of sp³-hybridized carbons (Fsp3) is 0.623. The van der Waals surface area contributed by atoms with Crippen LogP contribution in [-0.4, -0.2) is 246 Å². The highest BCUT2D eigenvalue weighted by Crippen LogP contribution is 2.62. The van der Waals surface area contributed by atoms with Crippen molar-refractivity contribution < 1.29 is 59.1 Å². The molecule has 10 bridgehead atoms. The van der Waals surface area contributed by atoms with Crippen LogP contribution in [0.1, 0.15) is 242 Å². The van der Waals surface area contributed by atoms with Crippen LogP contribution in [0, 0.1) is 72.0 Å². The molecule has 9 aliphatic heterocycles. The number of aryl methyl sites for hydroxylation is 1. The van der Waals surface area contributed by atoms with Gasteiger partial charge in [-0.15, -0.1) is 0 Å². The Labute approximate surface area is 798 Å². The first-order valence-electron chi connectivity index (χ1n) is 52.6. The number of nitrogens with zero attached hydrogens (tertiary/aromatic N) is 9. The van der Waals surface area contributed by atoms with Crippen LogP contribution < -0.4 is 0 Å². The maximum atomic E-state index is 13.4. The molecule has 0 spiro atoms. The van der Waals surface area contributed by atoms with Gasteiger partial charge in [-0.25, -0.2) is 0 Å². The van der Waals surface area contributed by atoms with Crippen molar-refractivity contribution >= 4 is 41.1 Å². The summed E-state index contributed by atoms with van der Waals surface area (Å²) < 4.78 is 0. The van der Waals surface area contributed by atoms with Crippen LogP contribution in [0.15, 0.2) is 115 Å². The Balaban J connectivity index is 0.0000000983. The second-order valence-corrected chi connectivity index (χ2v) is 47.0. The average Bonchev–Trinajstić information content (AvgIpc) is 1.11. The number of carbonyl (C=O) groups excluding carboxylic acids is 7. The third kappa shape index (κ3) is 17.3. The molecule has 26 rings (SSSR count). The molecule has 21 heteroatoms. The Hall–Kier alpha value is -8.99. The number of aromatic hydroxyl groups is 5. The monoisotopic (exact) mass is 1830 g/mol. The zero-order chi connectivity index (χ0) is 93.0. The number of piperidine rings is 9. The van der Waals surface area contributed by atoms with E-state index >= 15 is 0 Å². The van der Waals surface area contributed by atoms with Gasteiger partial charge in [0.05, 0.1) is 13.1 Å². The minimum atomic E-state index is -0.234. The summed E-state index contributed by atoms with van der Waals surface area (Å²) in [4.78, 5) is 109. The van der Waals surface area contributed by atoms with E-state index in [1.54, 1.807) is 41.8 Å². The Morgan fingerprint density at radius 3 is 0.948 bits per heavy atom. The zero-order valence-electron chi connectivity index (χ0n) is 80.6. The normalized spacial score (nSPS) is 32.8. The molecule has 718 valence electrons. The first-order valence-corrected chi connectivity index (χ1v) is 52.6. The predicted octanol–water partition coefficient (Wildman–Crippen LogP) is 14.8. The first-order chi connectivity index (χ1) is 65.1. The van der Waals surface area contributed by atoms with E-state index in [-0.39, 0.29) is 93.4 Å². The largest absolute Gasteiger partial charge is 0.508 e. The van der Waals surface area contributed by atoms with Gasteiger partial charge in [-0.1, -0.05) is 86.8 Å². The van der Waals surface area contributed by atoms with Crippen molar-refractivity contribution in [2.75, 3.05) is 105 Å². The van der Waals surface area contributed by atoms with E-state index in [9.17, 15) is 59.1 Å². The molecule has 0 radical (unpaired) electrons. The summed E-state index contributed by atoms with van der Waals surface area (Å²) in [6.45, 7) is 24.3. The molecule has 9 heterocycles. The highest BCUT2D eigenvalue weighted by Gasteiger charge is 2.64. The summed E-state index contributed by atoms with van der Waals surface area (Å²) in [7, 11) is 0. The van der Waals surface area contributed by atoms with Crippen molar-refractivity contribution in [1.82, 2.24) is 44.1 Å². The molecule has 21 nitrogen and oxygen atoms in total. The Morgan fingerprint density at radius 1 is 0.341 bits per heavy atom. The van der Waals surface area contributed by atoms with Crippen LogP contribution in [0.25, 0.3) is 0 Å². The quantitative estimate of drug-likeness (QED) is 0.0569. The zero-order valence-corrected chi connectivity index (χ0v) is 80.6. The van der Waals surface area contributed by atoms with Crippen molar-refractivity contribution in [2.24, 2.45) is 65.1 Å². The summed E-state index contributed by atoms with van der Waals surface area (Å²) in [6.07, 6.45) is 31.6. The van der Waals surface area contributed by atoms with Crippen molar-refractivity contribution in [3.8, 4) is 28.7 Å². The number of ketones is 2. The summed E-state index contributed by atoms with van der Waals surface area (Å²) >= 11 is 0. The fourth-order valence-corrected chi connectivity index (χ4v) is 30.5. The van der Waals surface area contributed by atoms with Crippen LogP contribution >= 0.6 is 0 Å². The summed E-state index contributed by atoms with van der Waals surface area (Å²) in [5, 5.41) is 50.8. The highest BCUT2D eigenvalue weighted by molar-refractivity contribution is 5.98. The molecule has 15 atom stereocenters. The Bertz CT molecular complexity index is 5470. The third-order valence-corrected chi connectivity index (χ3v) is 38.0. The SMILES string of the molecule is CC(=O)CN1C[C@H]2[C@H]3Cc4ccc(O)cc4[C@@]2(CCN3CC2CC2)CC1=O.CC(=O)CN1C[C@H]2[C@H]3Cc4ccc(O)cc4[C@@]2(CCN3CC2CC2)CC1=O.CC(C)C(=O)N1C[C@H]2[C@H]3Cc4ccc(O)cc4[C@@]2(CCN3CC2CC2)CC1=O.Cc1ccc(CN2C[C@H]3[C@H]4Cc5ccc(O)cc5[C@@]3(CCN4CC3CC3)CC2=O)cc1.Oc1ccc2c(c1)[C@@]13CCCC[C@H]1[C@@H](C2)N(CC1CC1)CC3. The van der Waals surface area contributed by atoms with Gasteiger partial charge in [-0.3, -0.25) is 63.0 Å². The molecule has 20 aliphatic rings. The average molecular weight is 1830 g/mol. The number of phenolic OH excluding ortho intramolecular Hbond substituents is 5. The first kappa shape index (κ1) is 91.1. The fourth-order valence-electron chi connectivity index (χ4n) is 30.5. The lowest BCUT2D eigenvalue weighted by atomic mass is 9.52. The summed E-state index contributed by atoms with van der Waals surface area (Å²) in [5.74, 6) is 8.57.